The lowest BCUT2D eigenvalue weighted by Gasteiger charge is -2.07. The van der Waals surface area contributed by atoms with Crippen molar-refractivity contribution in [2.24, 2.45) is 7.05 Å². The molecule has 1 N–H and O–H groups in total. The van der Waals surface area contributed by atoms with Crippen LogP contribution in [-0.2, 0) is 17.1 Å². The Morgan fingerprint density at radius 2 is 1.86 bits per heavy atom. The minimum atomic E-state index is -3.66. The molecule has 0 radical (unpaired) electrons. The van der Waals surface area contributed by atoms with E-state index in [1.54, 1.807) is 54.2 Å². The van der Waals surface area contributed by atoms with Crippen LogP contribution in [-0.4, -0.2) is 23.0 Å². The number of rotatable bonds is 3. The molecule has 3 aromatic rings. The Labute approximate surface area is 122 Å². The van der Waals surface area contributed by atoms with Crippen LogP contribution in [0.4, 0.5) is 5.95 Å². The van der Waals surface area contributed by atoms with Crippen LogP contribution in [0.15, 0.2) is 47.5 Å². The second-order valence-corrected chi connectivity index (χ2v) is 6.44. The quantitative estimate of drug-likeness (QED) is 0.803. The number of anilines is 1. The number of imidazole rings is 1. The van der Waals surface area contributed by atoms with Gasteiger partial charge in [0.2, 0.25) is 5.95 Å². The Hall–Kier alpha value is -2.41. The monoisotopic (exact) mass is 302 g/mol. The lowest BCUT2D eigenvalue weighted by atomic mass is 10.2. The van der Waals surface area contributed by atoms with Crippen molar-refractivity contribution in [3.8, 4) is 0 Å². The highest BCUT2D eigenvalue weighted by molar-refractivity contribution is 7.92. The van der Waals surface area contributed by atoms with Gasteiger partial charge in [-0.05, 0) is 31.2 Å². The second kappa shape index (κ2) is 4.85. The highest BCUT2D eigenvalue weighted by atomic mass is 32.2. The van der Waals surface area contributed by atoms with E-state index in [0.717, 1.165) is 5.56 Å². The topological polar surface area (TPSA) is 76.9 Å². The first kappa shape index (κ1) is 13.6. The summed E-state index contributed by atoms with van der Waals surface area (Å²) >= 11 is 0. The van der Waals surface area contributed by atoms with Crippen molar-refractivity contribution in [3.05, 3.63) is 48.2 Å². The van der Waals surface area contributed by atoms with E-state index in [2.05, 4.69) is 14.7 Å². The van der Waals surface area contributed by atoms with Crippen molar-refractivity contribution < 1.29 is 8.42 Å². The fraction of sp³-hybridized carbons (Fsp3) is 0.143. The summed E-state index contributed by atoms with van der Waals surface area (Å²) in [5.41, 5.74) is 2.27. The average Bonchev–Trinajstić information content (AvgIpc) is 2.76. The van der Waals surface area contributed by atoms with E-state index in [1.165, 1.54) is 0 Å². The molecule has 7 heteroatoms. The molecular weight excluding hydrogens is 288 g/mol. The Bertz CT molecular complexity index is 898. The normalized spacial score (nSPS) is 11.7. The van der Waals surface area contributed by atoms with Crippen molar-refractivity contribution in [3.63, 3.8) is 0 Å². The third kappa shape index (κ3) is 2.47. The average molecular weight is 302 g/mol. The van der Waals surface area contributed by atoms with Gasteiger partial charge in [-0.15, -0.1) is 0 Å². The van der Waals surface area contributed by atoms with Gasteiger partial charge in [0.15, 0.2) is 5.65 Å². The predicted octanol–water partition coefficient (Wildman–Crippen LogP) is 2.08. The maximum absolute atomic E-state index is 12.4. The first-order valence-corrected chi connectivity index (χ1v) is 7.82. The van der Waals surface area contributed by atoms with E-state index in [4.69, 9.17) is 0 Å². The molecule has 0 unspecified atom stereocenters. The number of sulfonamides is 1. The van der Waals surface area contributed by atoms with E-state index < -0.39 is 10.0 Å². The lowest BCUT2D eigenvalue weighted by molar-refractivity contribution is 0.600. The number of hydrogen-bond donors (Lipinski definition) is 1. The summed E-state index contributed by atoms with van der Waals surface area (Å²) in [6.07, 6.45) is 1.64. The van der Waals surface area contributed by atoms with Crippen LogP contribution >= 0.6 is 0 Å². The van der Waals surface area contributed by atoms with Crippen LogP contribution in [0.2, 0.25) is 0 Å². The van der Waals surface area contributed by atoms with E-state index in [9.17, 15) is 8.42 Å². The van der Waals surface area contributed by atoms with Gasteiger partial charge in [-0.1, -0.05) is 17.7 Å². The summed E-state index contributed by atoms with van der Waals surface area (Å²) in [5.74, 6) is 0.240. The summed E-state index contributed by atoms with van der Waals surface area (Å²) in [7, 11) is -1.94. The number of hydrogen-bond acceptors (Lipinski definition) is 4. The maximum atomic E-state index is 12.4. The van der Waals surface area contributed by atoms with Crippen molar-refractivity contribution in [2.45, 2.75) is 11.8 Å². The fourth-order valence-electron chi connectivity index (χ4n) is 2.01. The van der Waals surface area contributed by atoms with Gasteiger partial charge >= 0.3 is 0 Å². The van der Waals surface area contributed by atoms with Crippen molar-refractivity contribution >= 4 is 27.1 Å². The molecule has 21 heavy (non-hydrogen) atoms. The Morgan fingerprint density at radius 1 is 1.14 bits per heavy atom. The summed E-state index contributed by atoms with van der Waals surface area (Å²) < 4.78 is 28.8. The molecule has 0 aliphatic rings. The first-order valence-electron chi connectivity index (χ1n) is 6.34. The first-order chi connectivity index (χ1) is 9.97. The molecule has 0 saturated heterocycles. The van der Waals surface area contributed by atoms with Gasteiger partial charge in [0, 0.05) is 13.2 Å². The summed E-state index contributed by atoms with van der Waals surface area (Å²) in [4.78, 5) is 8.63. The lowest BCUT2D eigenvalue weighted by Crippen LogP contribution is -2.15. The standard InChI is InChI=1S/C14H14N4O2S/c1-10-5-7-11(8-6-10)21(19,20)17-14-16-12-4-3-9-15-13(12)18(14)2/h3-9H,1-2H3,(H,16,17). The number of aryl methyl sites for hydroxylation is 2. The zero-order valence-corrected chi connectivity index (χ0v) is 12.4. The Morgan fingerprint density at radius 3 is 2.52 bits per heavy atom. The third-order valence-electron chi connectivity index (χ3n) is 3.18. The highest BCUT2D eigenvalue weighted by Gasteiger charge is 2.18. The molecule has 0 spiro atoms. The van der Waals surface area contributed by atoms with Crippen LogP contribution in [0.5, 0.6) is 0 Å². The van der Waals surface area contributed by atoms with E-state index in [0.29, 0.717) is 11.2 Å². The molecule has 108 valence electrons. The molecule has 1 aromatic carbocycles. The van der Waals surface area contributed by atoms with Gasteiger partial charge in [0.1, 0.15) is 5.52 Å². The molecule has 0 bridgehead atoms. The summed E-state index contributed by atoms with van der Waals surface area (Å²) in [6, 6.07) is 10.2. The largest absolute Gasteiger partial charge is 0.297 e. The molecular formula is C14H14N4O2S. The van der Waals surface area contributed by atoms with Crippen LogP contribution in [0.3, 0.4) is 0 Å². The van der Waals surface area contributed by atoms with Gasteiger partial charge in [0.25, 0.3) is 10.0 Å². The number of nitrogens with zero attached hydrogens (tertiary/aromatic N) is 3. The molecule has 0 saturated carbocycles. The molecule has 6 nitrogen and oxygen atoms in total. The molecule has 0 aliphatic heterocycles. The molecule has 0 aliphatic carbocycles. The van der Waals surface area contributed by atoms with Gasteiger partial charge in [-0.3, -0.25) is 4.57 Å². The SMILES string of the molecule is Cc1ccc(S(=O)(=O)Nc2nc3cccnc3n2C)cc1. The zero-order valence-electron chi connectivity index (χ0n) is 11.6. The van der Waals surface area contributed by atoms with Crippen LogP contribution in [0.1, 0.15) is 5.56 Å². The number of benzene rings is 1. The summed E-state index contributed by atoms with van der Waals surface area (Å²) in [6.45, 7) is 1.90. The Balaban J connectivity index is 2.01. The summed E-state index contributed by atoms with van der Waals surface area (Å²) in [5, 5.41) is 0. The number of aromatic nitrogens is 3. The van der Waals surface area contributed by atoms with Crippen molar-refractivity contribution in [2.75, 3.05) is 4.72 Å². The number of fused-ring (bicyclic) bond motifs is 1. The van der Waals surface area contributed by atoms with Crippen molar-refractivity contribution in [1.29, 1.82) is 0 Å². The Kier molecular flexibility index (Phi) is 3.13. The molecule has 0 fully saturated rings. The minimum absolute atomic E-state index is 0.202. The van der Waals surface area contributed by atoms with Crippen LogP contribution < -0.4 is 4.72 Å². The molecule has 0 amide bonds. The highest BCUT2D eigenvalue weighted by Crippen LogP contribution is 2.19. The zero-order chi connectivity index (χ0) is 15.0. The van der Waals surface area contributed by atoms with Gasteiger partial charge in [-0.2, -0.15) is 0 Å². The van der Waals surface area contributed by atoms with Gasteiger partial charge < -0.3 is 0 Å². The van der Waals surface area contributed by atoms with E-state index in [1.807, 2.05) is 6.92 Å². The molecule has 0 atom stereocenters. The molecule has 2 heterocycles. The number of nitrogens with one attached hydrogen (secondary N) is 1. The molecule has 3 rings (SSSR count). The minimum Gasteiger partial charge on any atom is -0.297 e. The predicted molar refractivity (Wildman–Crippen MR) is 80.5 cm³/mol. The van der Waals surface area contributed by atoms with E-state index in [-0.39, 0.29) is 10.8 Å². The fourth-order valence-corrected chi connectivity index (χ4v) is 3.05. The van der Waals surface area contributed by atoms with Crippen LogP contribution in [0, 0.1) is 6.92 Å². The van der Waals surface area contributed by atoms with Gasteiger partial charge in [-0.25, -0.2) is 23.1 Å². The van der Waals surface area contributed by atoms with Crippen LogP contribution in [0.25, 0.3) is 11.2 Å². The maximum Gasteiger partial charge on any atom is 0.264 e. The van der Waals surface area contributed by atoms with Gasteiger partial charge in [0.05, 0.1) is 4.90 Å². The number of pyridine rings is 1. The molecule has 2 aromatic heterocycles. The smallest absolute Gasteiger partial charge is 0.264 e. The third-order valence-corrected chi connectivity index (χ3v) is 4.53. The van der Waals surface area contributed by atoms with Crippen molar-refractivity contribution in [1.82, 2.24) is 14.5 Å². The second-order valence-electron chi connectivity index (χ2n) is 4.76. The van der Waals surface area contributed by atoms with E-state index >= 15 is 0 Å².